The van der Waals surface area contributed by atoms with Gasteiger partial charge in [0.25, 0.3) is 0 Å². The van der Waals surface area contributed by atoms with E-state index in [0.29, 0.717) is 18.8 Å². The van der Waals surface area contributed by atoms with Gasteiger partial charge in [-0.1, -0.05) is 25.7 Å². The third-order valence-corrected chi connectivity index (χ3v) is 10.4. The lowest BCUT2D eigenvalue weighted by molar-refractivity contribution is -0.129. The summed E-state index contributed by atoms with van der Waals surface area (Å²) in [6.45, 7) is 2.34. The molecule has 4 rings (SSSR count). The first-order valence-corrected chi connectivity index (χ1v) is 15.9. The maximum atomic E-state index is 14.9. The van der Waals surface area contributed by atoms with Crippen LogP contribution in [0.3, 0.4) is 0 Å². The molecule has 8 nitrogen and oxygen atoms in total. The summed E-state index contributed by atoms with van der Waals surface area (Å²) in [5, 5.41) is 2.63. The molecule has 7 atom stereocenters. The lowest BCUT2D eigenvalue weighted by Crippen LogP contribution is -2.52. The van der Waals surface area contributed by atoms with Gasteiger partial charge in [-0.25, -0.2) is 12.8 Å². The Hall–Kier alpha value is -0.520. The average molecular weight is 551 g/mol. The van der Waals surface area contributed by atoms with Crippen molar-refractivity contribution in [2.75, 3.05) is 32.6 Å². The molecule has 0 aromatic heterocycles. The van der Waals surface area contributed by atoms with E-state index in [4.69, 9.17) is 16.3 Å². The van der Waals surface area contributed by atoms with E-state index in [1.54, 1.807) is 0 Å². The summed E-state index contributed by atoms with van der Waals surface area (Å²) in [5.41, 5.74) is 2.29. The van der Waals surface area contributed by atoms with E-state index in [0.717, 1.165) is 45.5 Å². The zero-order valence-electron chi connectivity index (χ0n) is 21.5. The second-order valence-corrected chi connectivity index (χ2v) is 14.0. The number of amides is 1. The van der Waals surface area contributed by atoms with Crippen LogP contribution in [0.25, 0.3) is 0 Å². The first-order chi connectivity index (χ1) is 17.2. The maximum Gasteiger partial charge on any atom is 0.241 e. The number of hydrogen-bond donors (Lipinski definition) is 3. The number of carbonyl (C=O) groups is 1. The first-order valence-electron chi connectivity index (χ1n) is 13.8. The normalized spacial score (nSPS) is 37.1. The molecule has 11 heteroatoms. The van der Waals surface area contributed by atoms with Gasteiger partial charge >= 0.3 is 0 Å². The van der Waals surface area contributed by atoms with E-state index >= 15 is 0 Å². The Morgan fingerprint density at radius 2 is 1.83 bits per heavy atom. The van der Waals surface area contributed by atoms with Crippen molar-refractivity contribution in [3.63, 3.8) is 0 Å². The molecule has 1 saturated heterocycles. The van der Waals surface area contributed by atoms with Gasteiger partial charge in [0.15, 0.2) is 0 Å². The van der Waals surface area contributed by atoms with Crippen molar-refractivity contribution in [3.8, 4) is 0 Å². The van der Waals surface area contributed by atoms with Crippen LogP contribution in [0.2, 0.25) is 0 Å². The molecule has 5 unspecified atom stereocenters. The molecule has 1 aliphatic heterocycles. The molecule has 3 saturated carbocycles. The number of rotatable bonds is 9. The van der Waals surface area contributed by atoms with E-state index in [1.165, 1.54) is 32.1 Å². The highest BCUT2D eigenvalue weighted by atomic mass is 35.5. The van der Waals surface area contributed by atoms with E-state index < -0.39 is 33.4 Å². The number of hydrazine groups is 1. The average Bonchev–Trinajstić information content (AvgIpc) is 3.30. The summed E-state index contributed by atoms with van der Waals surface area (Å²) in [7, 11) is -1.75. The minimum absolute atomic E-state index is 0.0184. The summed E-state index contributed by atoms with van der Waals surface area (Å²) in [5.74, 6) is -1.02. The Labute approximate surface area is 220 Å². The van der Waals surface area contributed by atoms with Crippen molar-refractivity contribution in [3.05, 3.63) is 0 Å². The third-order valence-electron chi connectivity index (χ3n) is 8.66. The predicted octanol–water partition coefficient (Wildman–Crippen LogP) is 2.93. The number of sulfonamides is 1. The van der Waals surface area contributed by atoms with Crippen LogP contribution in [0.15, 0.2) is 0 Å². The van der Waals surface area contributed by atoms with Gasteiger partial charge in [0, 0.05) is 25.9 Å². The standard InChI is InChI=1S/C25H44ClFN4O4S/c1-31-13-23(28-16-31)19-11-21(24(27)22(26)12-19)25(32)29-30-36(33,34)15-18-8-5-9-20(10-18)35-14-17-6-3-2-4-7-17/h17-24,28,30H,2-16H2,1H3,(H,29,32)/t18-,19?,20+,21?,22?,23?,24?/m0/s1. The van der Waals surface area contributed by atoms with E-state index in [2.05, 4.69) is 20.5 Å². The Kier molecular flexibility index (Phi) is 10.3. The topological polar surface area (TPSA) is 99.8 Å². The van der Waals surface area contributed by atoms with Crippen molar-refractivity contribution in [2.24, 2.45) is 23.7 Å². The molecule has 4 fully saturated rings. The highest BCUT2D eigenvalue weighted by molar-refractivity contribution is 7.89. The third kappa shape index (κ3) is 7.99. The lowest BCUT2D eigenvalue weighted by Gasteiger charge is -2.37. The van der Waals surface area contributed by atoms with Crippen LogP contribution in [0, 0.1) is 23.7 Å². The molecular formula is C25H44ClFN4O4S. The fraction of sp³-hybridized carbons (Fsp3) is 0.960. The maximum absolute atomic E-state index is 14.9. The molecule has 0 bridgehead atoms. The van der Waals surface area contributed by atoms with Gasteiger partial charge in [0.05, 0.1) is 23.2 Å². The molecule has 4 aliphatic rings. The minimum Gasteiger partial charge on any atom is -0.378 e. The summed E-state index contributed by atoms with van der Waals surface area (Å²) in [6.07, 6.45) is 9.22. The number of hydrogen-bond acceptors (Lipinski definition) is 6. The first kappa shape index (κ1) is 28.5. The summed E-state index contributed by atoms with van der Waals surface area (Å²) in [6, 6.07) is 0.148. The molecule has 0 aromatic rings. The van der Waals surface area contributed by atoms with E-state index in [-0.39, 0.29) is 29.7 Å². The van der Waals surface area contributed by atoms with Crippen LogP contribution in [0.4, 0.5) is 4.39 Å². The highest BCUT2D eigenvalue weighted by Crippen LogP contribution is 2.37. The van der Waals surface area contributed by atoms with Gasteiger partial charge < -0.3 is 4.74 Å². The van der Waals surface area contributed by atoms with Crippen molar-refractivity contribution in [2.45, 2.75) is 94.3 Å². The number of alkyl halides is 2. The Morgan fingerprint density at radius 3 is 2.56 bits per heavy atom. The molecule has 0 radical (unpaired) electrons. The van der Waals surface area contributed by atoms with Gasteiger partial charge in [-0.15, -0.1) is 16.4 Å². The molecule has 3 aliphatic carbocycles. The highest BCUT2D eigenvalue weighted by Gasteiger charge is 2.44. The van der Waals surface area contributed by atoms with Gasteiger partial charge in [-0.2, -0.15) is 0 Å². The van der Waals surface area contributed by atoms with Crippen LogP contribution in [0.1, 0.15) is 70.6 Å². The van der Waals surface area contributed by atoms with Gasteiger partial charge in [0.1, 0.15) is 6.17 Å². The fourth-order valence-corrected chi connectivity index (χ4v) is 8.27. The smallest absolute Gasteiger partial charge is 0.241 e. The van der Waals surface area contributed by atoms with Gasteiger partial charge in [-0.05, 0) is 69.7 Å². The Bertz CT molecular complexity index is 831. The Morgan fingerprint density at radius 1 is 1.08 bits per heavy atom. The molecule has 1 heterocycles. The van der Waals surface area contributed by atoms with Crippen LogP contribution < -0.4 is 15.6 Å². The van der Waals surface area contributed by atoms with Crippen LogP contribution >= 0.6 is 11.6 Å². The van der Waals surface area contributed by atoms with Crippen LogP contribution in [-0.4, -0.2) is 75.5 Å². The number of likely N-dealkylation sites (N-methyl/N-ethyl adjacent to an activating group) is 1. The second kappa shape index (κ2) is 13.0. The molecule has 1 amide bonds. The second-order valence-electron chi connectivity index (χ2n) is 11.7. The number of ether oxygens (including phenoxy) is 1. The quantitative estimate of drug-likeness (QED) is 0.301. The Balaban J connectivity index is 1.23. The fourth-order valence-electron chi connectivity index (χ4n) is 6.60. The molecule has 0 spiro atoms. The van der Waals surface area contributed by atoms with Crippen LogP contribution in [0.5, 0.6) is 0 Å². The zero-order chi connectivity index (χ0) is 25.7. The van der Waals surface area contributed by atoms with Crippen LogP contribution in [-0.2, 0) is 19.6 Å². The number of carbonyl (C=O) groups excluding carboxylic acids is 1. The number of nitrogens with zero attached hydrogens (tertiary/aromatic N) is 1. The molecule has 0 aromatic carbocycles. The molecule has 3 N–H and O–H groups in total. The molecule has 208 valence electrons. The number of halogens is 2. The lowest BCUT2D eigenvalue weighted by atomic mass is 9.76. The summed E-state index contributed by atoms with van der Waals surface area (Å²) >= 11 is 6.28. The SMILES string of the molecule is CN1CNC(C2CC(Cl)C(F)C(C(=O)NNS(=O)(=O)C[C@H]3CCC[C@@H](OCC4CCCCC4)C3)C2)C1. The van der Waals surface area contributed by atoms with Crippen molar-refractivity contribution in [1.82, 2.24) is 20.5 Å². The monoisotopic (exact) mass is 550 g/mol. The summed E-state index contributed by atoms with van der Waals surface area (Å²) < 4.78 is 46.5. The van der Waals surface area contributed by atoms with Crippen molar-refractivity contribution < 1.29 is 22.3 Å². The number of nitrogens with one attached hydrogen (secondary N) is 3. The van der Waals surface area contributed by atoms with E-state index in [9.17, 15) is 17.6 Å². The predicted molar refractivity (Wildman–Crippen MR) is 139 cm³/mol. The largest absolute Gasteiger partial charge is 0.378 e. The van der Waals surface area contributed by atoms with Gasteiger partial charge in [-0.3, -0.25) is 20.4 Å². The summed E-state index contributed by atoms with van der Waals surface area (Å²) in [4.78, 5) is 17.2. The van der Waals surface area contributed by atoms with Crippen molar-refractivity contribution >= 4 is 27.5 Å². The van der Waals surface area contributed by atoms with E-state index in [1.807, 2.05) is 7.05 Å². The zero-order valence-corrected chi connectivity index (χ0v) is 23.0. The molecule has 36 heavy (non-hydrogen) atoms. The van der Waals surface area contributed by atoms with Crippen molar-refractivity contribution in [1.29, 1.82) is 0 Å². The molecular weight excluding hydrogens is 507 g/mol. The van der Waals surface area contributed by atoms with Gasteiger partial charge in [0.2, 0.25) is 15.9 Å². The minimum atomic E-state index is -3.75.